The van der Waals surface area contributed by atoms with Crippen molar-refractivity contribution in [1.82, 2.24) is 4.90 Å². The minimum atomic E-state index is -2.94. The van der Waals surface area contributed by atoms with Crippen molar-refractivity contribution in [1.29, 1.82) is 0 Å². The third-order valence-electron chi connectivity index (χ3n) is 3.81. The maximum Gasteiger partial charge on any atom is 0.387 e. The van der Waals surface area contributed by atoms with E-state index in [9.17, 15) is 18.4 Å². The van der Waals surface area contributed by atoms with Crippen molar-refractivity contribution in [2.75, 3.05) is 19.8 Å². The highest BCUT2D eigenvalue weighted by Gasteiger charge is 2.30. The fraction of sp³-hybridized carbons (Fsp3) is 0.500. The Hall–Kier alpha value is -2.22. The normalized spacial score (nSPS) is 17.9. The molecule has 1 heterocycles. The summed E-state index contributed by atoms with van der Waals surface area (Å²) < 4.78 is 34.6. The molecule has 1 fully saturated rings. The van der Waals surface area contributed by atoms with E-state index in [1.165, 1.54) is 17.0 Å². The number of aryl methyl sites for hydroxylation is 2. The van der Waals surface area contributed by atoms with Gasteiger partial charge in [-0.05, 0) is 37.1 Å². The van der Waals surface area contributed by atoms with Gasteiger partial charge in [0.25, 0.3) is 5.91 Å². The molecule has 24 heavy (non-hydrogen) atoms. The number of hydrogen-bond donors (Lipinski definition) is 1. The summed E-state index contributed by atoms with van der Waals surface area (Å²) in [5.41, 5.74) is 1.15. The molecule has 8 heteroatoms. The van der Waals surface area contributed by atoms with Crippen LogP contribution in [0.25, 0.3) is 0 Å². The Morgan fingerprint density at radius 2 is 2.00 bits per heavy atom. The monoisotopic (exact) mass is 343 g/mol. The van der Waals surface area contributed by atoms with Gasteiger partial charge >= 0.3 is 12.6 Å². The summed E-state index contributed by atoms with van der Waals surface area (Å²) in [5, 5.41) is 8.96. The van der Waals surface area contributed by atoms with E-state index in [1.54, 1.807) is 13.8 Å². The van der Waals surface area contributed by atoms with Gasteiger partial charge in [0.2, 0.25) is 0 Å². The van der Waals surface area contributed by atoms with Gasteiger partial charge in [-0.25, -0.2) is 0 Å². The highest BCUT2D eigenvalue weighted by molar-refractivity contribution is 5.95. The van der Waals surface area contributed by atoms with Crippen molar-refractivity contribution in [2.45, 2.75) is 32.9 Å². The second-order valence-corrected chi connectivity index (χ2v) is 5.64. The number of carbonyl (C=O) groups excluding carboxylic acids is 1. The number of halogens is 2. The standard InChI is InChI=1S/C16H19F2NO5/c1-9-5-11(6-10(2)14(9)24-16(17)18)15(22)19-3-4-23-8-12(19)7-13(20)21/h5-6,12,16H,3-4,7-8H2,1-2H3,(H,20,21). The van der Waals surface area contributed by atoms with Gasteiger partial charge in [-0.3, -0.25) is 9.59 Å². The van der Waals surface area contributed by atoms with Gasteiger partial charge in [0, 0.05) is 12.1 Å². The van der Waals surface area contributed by atoms with Crippen LogP contribution >= 0.6 is 0 Å². The topological polar surface area (TPSA) is 76.1 Å². The molecular formula is C16H19F2NO5. The lowest BCUT2D eigenvalue weighted by Gasteiger charge is -2.35. The summed E-state index contributed by atoms with van der Waals surface area (Å²) in [6.45, 7) is 0.979. The largest absolute Gasteiger partial charge is 0.481 e. The van der Waals surface area contributed by atoms with Crippen LogP contribution in [0.5, 0.6) is 5.75 Å². The predicted molar refractivity (Wildman–Crippen MR) is 80.4 cm³/mol. The molecular weight excluding hydrogens is 324 g/mol. The second-order valence-electron chi connectivity index (χ2n) is 5.64. The Bertz CT molecular complexity index is 612. The number of carbonyl (C=O) groups is 2. The zero-order valence-electron chi connectivity index (χ0n) is 13.4. The van der Waals surface area contributed by atoms with Gasteiger partial charge in [-0.1, -0.05) is 0 Å². The number of morpholine rings is 1. The van der Waals surface area contributed by atoms with Gasteiger partial charge in [-0.2, -0.15) is 8.78 Å². The minimum absolute atomic E-state index is 0.0469. The molecule has 1 N–H and O–H groups in total. The van der Waals surface area contributed by atoms with Gasteiger partial charge in [0.15, 0.2) is 0 Å². The van der Waals surface area contributed by atoms with E-state index in [4.69, 9.17) is 9.84 Å². The highest BCUT2D eigenvalue weighted by Crippen LogP contribution is 2.27. The summed E-state index contributed by atoms with van der Waals surface area (Å²) in [6, 6.07) is 2.39. The lowest BCUT2D eigenvalue weighted by atomic mass is 10.0. The first-order chi connectivity index (χ1) is 11.3. The number of aliphatic carboxylic acids is 1. The van der Waals surface area contributed by atoms with Gasteiger partial charge in [0.1, 0.15) is 5.75 Å². The molecule has 132 valence electrons. The first-order valence-electron chi connectivity index (χ1n) is 7.46. The fourth-order valence-corrected chi connectivity index (χ4v) is 2.81. The van der Waals surface area contributed by atoms with E-state index in [2.05, 4.69) is 4.74 Å². The number of benzene rings is 1. The first-order valence-corrected chi connectivity index (χ1v) is 7.46. The number of alkyl halides is 2. The summed E-state index contributed by atoms with van der Waals surface area (Å²) in [4.78, 5) is 25.1. The maximum atomic E-state index is 12.7. The smallest absolute Gasteiger partial charge is 0.387 e. The van der Waals surface area contributed by atoms with Crippen LogP contribution in [0.15, 0.2) is 12.1 Å². The van der Waals surface area contributed by atoms with Gasteiger partial charge in [-0.15, -0.1) is 0 Å². The van der Waals surface area contributed by atoms with Gasteiger partial charge < -0.3 is 19.5 Å². The molecule has 1 aromatic carbocycles. The van der Waals surface area contributed by atoms with Crippen LogP contribution in [0.3, 0.4) is 0 Å². The average Bonchev–Trinajstić information content (AvgIpc) is 2.49. The van der Waals surface area contributed by atoms with Crippen LogP contribution < -0.4 is 4.74 Å². The van der Waals surface area contributed by atoms with E-state index in [-0.39, 0.29) is 31.2 Å². The average molecular weight is 343 g/mol. The lowest BCUT2D eigenvalue weighted by Crippen LogP contribution is -2.49. The number of ether oxygens (including phenoxy) is 2. The molecule has 1 aromatic rings. The Kier molecular flexibility index (Phi) is 5.71. The molecule has 0 radical (unpaired) electrons. The number of carboxylic acids is 1. The number of carboxylic acid groups (broad SMARTS) is 1. The summed E-state index contributed by atoms with van der Waals surface area (Å²) in [6.07, 6.45) is -0.212. The molecule has 1 aliphatic heterocycles. The predicted octanol–water partition coefficient (Wildman–Crippen LogP) is 2.22. The zero-order valence-corrected chi connectivity index (χ0v) is 13.4. The van der Waals surface area contributed by atoms with E-state index in [1.807, 2.05) is 0 Å². The van der Waals surface area contributed by atoms with E-state index >= 15 is 0 Å². The third-order valence-corrected chi connectivity index (χ3v) is 3.81. The quantitative estimate of drug-likeness (QED) is 0.887. The molecule has 2 rings (SSSR count). The van der Waals surface area contributed by atoms with E-state index < -0.39 is 18.6 Å². The third kappa shape index (κ3) is 4.19. The molecule has 0 bridgehead atoms. The molecule has 0 aliphatic carbocycles. The Morgan fingerprint density at radius 1 is 1.38 bits per heavy atom. The minimum Gasteiger partial charge on any atom is -0.481 e. The van der Waals surface area contributed by atoms with Crippen molar-refractivity contribution in [3.05, 3.63) is 28.8 Å². The van der Waals surface area contributed by atoms with Crippen LogP contribution in [-0.4, -0.2) is 54.3 Å². The van der Waals surface area contributed by atoms with Crippen molar-refractivity contribution in [3.63, 3.8) is 0 Å². The van der Waals surface area contributed by atoms with Crippen molar-refractivity contribution in [2.24, 2.45) is 0 Å². The Balaban J connectivity index is 2.26. The van der Waals surface area contributed by atoms with Crippen LogP contribution in [-0.2, 0) is 9.53 Å². The summed E-state index contributed by atoms with van der Waals surface area (Å²) in [5.74, 6) is -1.32. The van der Waals surface area contributed by atoms with Crippen molar-refractivity contribution in [3.8, 4) is 5.75 Å². The van der Waals surface area contributed by atoms with Crippen LogP contribution in [0.4, 0.5) is 8.78 Å². The molecule has 1 amide bonds. The molecule has 0 saturated carbocycles. The molecule has 6 nitrogen and oxygen atoms in total. The molecule has 1 unspecified atom stereocenters. The summed E-state index contributed by atoms with van der Waals surface area (Å²) in [7, 11) is 0. The first kappa shape index (κ1) is 18.1. The molecule has 0 spiro atoms. The highest BCUT2D eigenvalue weighted by atomic mass is 19.3. The second kappa shape index (κ2) is 7.57. The van der Waals surface area contributed by atoms with Crippen LogP contribution in [0.1, 0.15) is 27.9 Å². The number of rotatable bonds is 5. The lowest BCUT2D eigenvalue weighted by molar-refractivity contribution is -0.139. The SMILES string of the molecule is Cc1cc(C(=O)N2CCOCC2CC(=O)O)cc(C)c1OC(F)F. The zero-order chi connectivity index (χ0) is 17.9. The number of amides is 1. The number of hydrogen-bond acceptors (Lipinski definition) is 4. The maximum absolute atomic E-state index is 12.7. The Morgan fingerprint density at radius 3 is 2.54 bits per heavy atom. The van der Waals surface area contributed by atoms with Crippen molar-refractivity contribution < 1.29 is 33.0 Å². The van der Waals surface area contributed by atoms with Crippen molar-refractivity contribution >= 4 is 11.9 Å². The molecule has 1 atom stereocenters. The number of nitrogens with zero attached hydrogens (tertiary/aromatic N) is 1. The van der Waals surface area contributed by atoms with Crippen LogP contribution in [0.2, 0.25) is 0 Å². The molecule has 0 aromatic heterocycles. The fourth-order valence-electron chi connectivity index (χ4n) is 2.81. The van der Waals surface area contributed by atoms with E-state index in [0.29, 0.717) is 23.3 Å². The molecule has 1 saturated heterocycles. The van der Waals surface area contributed by atoms with Crippen LogP contribution in [0, 0.1) is 13.8 Å². The summed E-state index contributed by atoms with van der Waals surface area (Å²) >= 11 is 0. The molecule has 1 aliphatic rings. The van der Waals surface area contributed by atoms with Gasteiger partial charge in [0.05, 0.1) is 25.7 Å². The van der Waals surface area contributed by atoms with E-state index in [0.717, 1.165) is 0 Å². The Labute approximate surface area is 138 Å².